The second-order valence-corrected chi connectivity index (χ2v) is 6.56. The van der Waals surface area contributed by atoms with E-state index in [9.17, 15) is 9.18 Å². The summed E-state index contributed by atoms with van der Waals surface area (Å²) in [6.07, 6.45) is 0. The minimum Gasteiger partial charge on any atom is -0.380 e. The van der Waals surface area contributed by atoms with E-state index in [4.69, 9.17) is 4.74 Å². The molecule has 1 saturated heterocycles. The van der Waals surface area contributed by atoms with Gasteiger partial charge in [0.2, 0.25) is 0 Å². The molecule has 0 spiro atoms. The summed E-state index contributed by atoms with van der Waals surface area (Å²) in [6.45, 7) is 4.50. The molecule has 6 heteroatoms. The molecule has 4 nitrogen and oxygen atoms in total. The highest BCUT2D eigenvalue weighted by molar-refractivity contribution is 7.21. The van der Waals surface area contributed by atoms with Crippen LogP contribution in [0, 0.1) is 5.82 Å². The van der Waals surface area contributed by atoms with Crippen molar-refractivity contribution in [2.45, 2.75) is 19.6 Å². The van der Waals surface area contributed by atoms with Crippen LogP contribution in [0.2, 0.25) is 0 Å². The van der Waals surface area contributed by atoms with Crippen molar-refractivity contribution in [1.29, 1.82) is 0 Å². The summed E-state index contributed by atoms with van der Waals surface area (Å²) < 4.78 is 20.2. The monoisotopic (exact) mass is 322 g/mol. The molecular formula is C16H19FN2O2S. The van der Waals surface area contributed by atoms with E-state index in [0.29, 0.717) is 22.4 Å². The van der Waals surface area contributed by atoms with Crippen LogP contribution in [0.25, 0.3) is 10.1 Å². The Balaban J connectivity index is 2.07. The molecule has 0 unspecified atom stereocenters. The lowest BCUT2D eigenvalue weighted by atomic mass is 10.1. The maximum atomic E-state index is 14.2. The van der Waals surface area contributed by atoms with Gasteiger partial charge in [0.1, 0.15) is 5.82 Å². The number of hydrogen-bond donors (Lipinski definition) is 1. The van der Waals surface area contributed by atoms with E-state index >= 15 is 0 Å². The Labute approximate surface area is 132 Å². The molecule has 0 saturated carbocycles. The summed E-state index contributed by atoms with van der Waals surface area (Å²) in [5, 5.41) is 3.79. The van der Waals surface area contributed by atoms with Gasteiger partial charge in [0, 0.05) is 48.4 Å². The van der Waals surface area contributed by atoms with Gasteiger partial charge >= 0.3 is 0 Å². The zero-order chi connectivity index (χ0) is 15.7. The van der Waals surface area contributed by atoms with Crippen molar-refractivity contribution < 1.29 is 13.9 Å². The standard InChI is InChI=1S/C16H19FN2O2S/c1-10-8-18-6-7-19(10)16(20)15-11(9-21-2)14-12(17)4-3-5-13(14)22-15/h3-5,10,18H,6-9H2,1-2H3/t10-/m0/s1. The van der Waals surface area contributed by atoms with Gasteiger partial charge in [-0.3, -0.25) is 4.79 Å². The van der Waals surface area contributed by atoms with Crippen molar-refractivity contribution in [3.8, 4) is 0 Å². The van der Waals surface area contributed by atoms with Crippen molar-refractivity contribution >= 4 is 27.3 Å². The molecule has 1 aliphatic rings. The summed E-state index contributed by atoms with van der Waals surface area (Å²) in [6, 6.07) is 5.08. The van der Waals surface area contributed by atoms with Crippen molar-refractivity contribution in [3.05, 3.63) is 34.5 Å². The summed E-state index contributed by atoms with van der Waals surface area (Å²) in [4.78, 5) is 15.4. The number of fused-ring (bicyclic) bond motifs is 1. The van der Waals surface area contributed by atoms with Gasteiger partial charge in [-0.15, -0.1) is 11.3 Å². The summed E-state index contributed by atoms with van der Waals surface area (Å²) in [5.74, 6) is -0.324. The number of ether oxygens (including phenoxy) is 1. The zero-order valence-corrected chi connectivity index (χ0v) is 13.5. The van der Waals surface area contributed by atoms with Crippen molar-refractivity contribution in [2.24, 2.45) is 0 Å². The molecule has 118 valence electrons. The maximum absolute atomic E-state index is 14.2. The molecule has 2 heterocycles. The predicted octanol–water partition coefficient (Wildman–Crippen LogP) is 2.62. The van der Waals surface area contributed by atoms with Gasteiger partial charge in [-0.2, -0.15) is 0 Å². The number of benzene rings is 1. The molecule has 1 aromatic carbocycles. The number of piperazine rings is 1. The van der Waals surface area contributed by atoms with E-state index in [0.717, 1.165) is 17.8 Å². The number of nitrogens with zero attached hydrogens (tertiary/aromatic N) is 1. The first-order valence-corrected chi connectivity index (χ1v) is 8.15. The smallest absolute Gasteiger partial charge is 0.264 e. The second kappa shape index (κ2) is 6.32. The van der Waals surface area contributed by atoms with E-state index in [1.54, 1.807) is 13.2 Å². The zero-order valence-electron chi connectivity index (χ0n) is 12.7. The van der Waals surface area contributed by atoms with Crippen molar-refractivity contribution in [1.82, 2.24) is 10.2 Å². The van der Waals surface area contributed by atoms with Crippen LogP contribution in [-0.4, -0.2) is 43.6 Å². The van der Waals surface area contributed by atoms with Crippen LogP contribution in [0.5, 0.6) is 0 Å². The van der Waals surface area contributed by atoms with Gasteiger partial charge in [0.05, 0.1) is 11.5 Å². The predicted molar refractivity (Wildman–Crippen MR) is 85.9 cm³/mol. The number of carbonyl (C=O) groups excluding carboxylic acids is 1. The highest BCUT2D eigenvalue weighted by Gasteiger charge is 2.28. The van der Waals surface area contributed by atoms with Crippen LogP contribution in [0.4, 0.5) is 4.39 Å². The van der Waals surface area contributed by atoms with Gasteiger partial charge < -0.3 is 15.0 Å². The molecule has 2 aromatic rings. The van der Waals surface area contributed by atoms with Crippen LogP contribution in [0.1, 0.15) is 22.2 Å². The normalized spacial score (nSPS) is 18.9. The lowest BCUT2D eigenvalue weighted by Gasteiger charge is -2.33. The number of carbonyl (C=O) groups is 1. The first kappa shape index (κ1) is 15.4. The van der Waals surface area contributed by atoms with E-state index in [1.165, 1.54) is 17.4 Å². The molecule has 1 fully saturated rings. The molecule has 1 aliphatic heterocycles. The van der Waals surface area contributed by atoms with Crippen LogP contribution in [-0.2, 0) is 11.3 Å². The highest BCUT2D eigenvalue weighted by Crippen LogP contribution is 2.34. The molecule has 0 radical (unpaired) electrons. The number of thiophene rings is 1. The first-order chi connectivity index (χ1) is 10.6. The second-order valence-electron chi connectivity index (χ2n) is 5.51. The average Bonchev–Trinajstić information content (AvgIpc) is 2.88. The number of amides is 1. The van der Waals surface area contributed by atoms with E-state index in [1.807, 2.05) is 17.9 Å². The van der Waals surface area contributed by atoms with Crippen LogP contribution in [0.15, 0.2) is 18.2 Å². The third kappa shape index (κ3) is 2.62. The molecule has 0 aliphatic carbocycles. The van der Waals surface area contributed by atoms with Gasteiger partial charge in [-0.05, 0) is 19.1 Å². The summed E-state index contributed by atoms with van der Waals surface area (Å²) in [5.41, 5.74) is 0.663. The van der Waals surface area contributed by atoms with Gasteiger partial charge in [-0.1, -0.05) is 6.07 Å². The van der Waals surface area contributed by atoms with Gasteiger partial charge in [0.15, 0.2) is 0 Å². The number of hydrogen-bond acceptors (Lipinski definition) is 4. The van der Waals surface area contributed by atoms with Crippen LogP contribution >= 0.6 is 11.3 Å². The first-order valence-electron chi connectivity index (χ1n) is 7.34. The summed E-state index contributed by atoms with van der Waals surface area (Å²) >= 11 is 1.35. The summed E-state index contributed by atoms with van der Waals surface area (Å²) in [7, 11) is 1.56. The Hall–Kier alpha value is -1.50. The molecule has 1 N–H and O–H groups in total. The Morgan fingerprint density at radius 1 is 1.55 bits per heavy atom. The molecule has 3 rings (SSSR count). The van der Waals surface area contributed by atoms with Gasteiger partial charge in [0.25, 0.3) is 5.91 Å². The topological polar surface area (TPSA) is 41.6 Å². The molecule has 1 aromatic heterocycles. The van der Waals surface area contributed by atoms with Crippen molar-refractivity contribution in [3.63, 3.8) is 0 Å². The Morgan fingerprint density at radius 2 is 2.36 bits per heavy atom. The minimum atomic E-state index is -0.298. The third-order valence-electron chi connectivity index (χ3n) is 4.01. The van der Waals surface area contributed by atoms with E-state index < -0.39 is 0 Å². The third-order valence-corrected chi connectivity index (χ3v) is 5.19. The molecule has 1 amide bonds. The minimum absolute atomic E-state index is 0.0262. The SMILES string of the molecule is COCc1c(C(=O)N2CCNC[C@@H]2C)sc2cccc(F)c12. The fourth-order valence-electron chi connectivity index (χ4n) is 2.90. The lowest BCUT2D eigenvalue weighted by molar-refractivity contribution is 0.0657. The van der Waals surface area contributed by atoms with E-state index in [-0.39, 0.29) is 24.4 Å². The molecule has 0 bridgehead atoms. The average molecular weight is 322 g/mol. The maximum Gasteiger partial charge on any atom is 0.264 e. The quantitative estimate of drug-likeness (QED) is 0.944. The van der Waals surface area contributed by atoms with E-state index in [2.05, 4.69) is 5.32 Å². The van der Waals surface area contributed by atoms with Crippen LogP contribution < -0.4 is 5.32 Å². The molecule has 22 heavy (non-hydrogen) atoms. The molecule has 1 atom stereocenters. The fraction of sp³-hybridized carbons (Fsp3) is 0.438. The molecular weight excluding hydrogens is 303 g/mol. The highest BCUT2D eigenvalue weighted by atomic mass is 32.1. The van der Waals surface area contributed by atoms with Gasteiger partial charge in [-0.25, -0.2) is 4.39 Å². The number of nitrogens with one attached hydrogen (secondary N) is 1. The van der Waals surface area contributed by atoms with Crippen molar-refractivity contribution in [2.75, 3.05) is 26.7 Å². The van der Waals surface area contributed by atoms with Crippen LogP contribution in [0.3, 0.4) is 0 Å². The number of methoxy groups -OCH3 is 1. The Kier molecular flexibility index (Phi) is 4.42. The Bertz CT molecular complexity index is 701. The Morgan fingerprint density at radius 3 is 3.09 bits per heavy atom. The number of halogens is 1. The lowest BCUT2D eigenvalue weighted by Crippen LogP contribution is -2.52. The number of rotatable bonds is 3. The largest absolute Gasteiger partial charge is 0.380 e. The fourth-order valence-corrected chi connectivity index (χ4v) is 4.07.